The predicted molar refractivity (Wildman–Crippen MR) is 46.2 cm³/mol. The van der Waals surface area contributed by atoms with Gasteiger partial charge in [-0.05, 0) is 6.42 Å². The smallest absolute Gasteiger partial charge is 0.341 e. The van der Waals surface area contributed by atoms with E-state index in [0.29, 0.717) is 24.3 Å². The van der Waals surface area contributed by atoms with Gasteiger partial charge in [0.2, 0.25) is 5.43 Å². The fourth-order valence-electron chi connectivity index (χ4n) is 1.44. The van der Waals surface area contributed by atoms with Crippen molar-refractivity contribution in [2.24, 2.45) is 0 Å². The van der Waals surface area contributed by atoms with Crippen LogP contribution in [0.15, 0.2) is 11.0 Å². The summed E-state index contributed by atoms with van der Waals surface area (Å²) >= 11 is 0. The molecular formula is C8H8N2O3. The van der Waals surface area contributed by atoms with E-state index in [-0.39, 0.29) is 11.0 Å². The Morgan fingerprint density at radius 1 is 1.54 bits per heavy atom. The Morgan fingerprint density at radius 3 is 3.00 bits per heavy atom. The third kappa shape index (κ3) is 1.09. The van der Waals surface area contributed by atoms with Crippen molar-refractivity contribution in [1.82, 2.24) is 4.98 Å². The highest BCUT2D eigenvalue weighted by atomic mass is 16.4. The number of hydrogen-bond acceptors (Lipinski definition) is 3. The molecule has 13 heavy (non-hydrogen) atoms. The number of carboxylic acid groups (broad SMARTS) is 1. The van der Waals surface area contributed by atoms with E-state index >= 15 is 0 Å². The Hall–Kier alpha value is -1.78. The van der Waals surface area contributed by atoms with E-state index in [2.05, 4.69) is 10.3 Å². The third-order valence-electron chi connectivity index (χ3n) is 2.09. The van der Waals surface area contributed by atoms with Gasteiger partial charge in [0.15, 0.2) is 0 Å². The quantitative estimate of drug-likeness (QED) is 0.570. The summed E-state index contributed by atoms with van der Waals surface area (Å²) < 4.78 is 0. The number of H-pyrrole nitrogens is 1. The molecule has 0 fully saturated rings. The molecule has 0 aliphatic carbocycles. The van der Waals surface area contributed by atoms with Crippen molar-refractivity contribution in [3.63, 3.8) is 0 Å². The van der Waals surface area contributed by atoms with Crippen LogP contribution in [0.1, 0.15) is 15.9 Å². The van der Waals surface area contributed by atoms with E-state index in [9.17, 15) is 9.59 Å². The van der Waals surface area contributed by atoms with Gasteiger partial charge in [-0.1, -0.05) is 0 Å². The fraction of sp³-hybridized carbons (Fsp3) is 0.250. The summed E-state index contributed by atoms with van der Waals surface area (Å²) in [4.78, 5) is 24.8. The summed E-state index contributed by atoms with van der Waals surface area (Å²) in [6, 6.07) is 0. The Kier molecular flexibility index (Phi) is 1.58. The first-order valence-corrected chi connectivity index (χ1v) is 3.92. The van der Waals surface area contributed by atoms with E-state index in [0.717, 1.165) is 0 Å². The average molecular weight is 180 g/mol. The number of pyridine rings is 1. The molecule has 5 heteroatoms. The molecule has 0 atom stereocenters. The van der Waals surface area contributed by atoms with Gasteiger partial charge in [0.1, 0.15) is 11.4 Å². The van der Waals surface area contributed by atoms with Gasteiger partial charge in [-0.2, -0.15) is 0 Å². The molecule has 2 rings (SSSR count). The molecule has 0 radical (unpaired) electrons. The summed E-state index contributed by atoms with van der Waals surface area (Å²) in [7, 11) is 0. The Bertz CT molecular complexity index is 422. The lowest BCUT2D eigenvalue weighted by atomic mass is 10.1. The highest BCUT2D eigenvalue weighted by molar-refractivity contribution is 5.87. The maximum absolute atomic E-state index is 11.5. The second-order valence-corrected chi connectivity index (χ2v) is 2.87. The fourth-order valence-corrected chi connectivity index (χ4v) is 1.44. The number of rotatable bonds is 1. The van der Waals surface area contributed by atoms with Crippen molar-refractivity contribution < 1.29 is 9.90 Å². The van der Waals surface area contributed by atoms with Crippen molar-refractivity contribution in [1.29, 1.82) is 0 Å². The monoisotopic (exact) mass is 180 g/mol. The van der Waals surface area contributed by atoms with Crippen LogP contribution in [0.5, 0.6) is 0 Å². The van der Waals surface area contributed by atoms with Gasteiger partial charge in [-0.3, -0.25) is 4.79 Å². The molecule has 1 aliphatic heterocycles. The third-order valence-corrected chi connectivity index (χ3v) is 2.09. The van der Waals surface area contributed by atoms with E-state index in [4.69, 9.17) is 5.11 Å². The van der Waals surface area contributed by atoms with Crippen LogP contribution in [0.2, 0.25) is 0 Å². The molecule has 1 aromatic rings. The van der Waals surface area contributed by atoms with Gasteiger partial charge in [0.05, 0.1) is 0 Å². The molecule has 0 spiro atoms. The normalized spacial score (nSPS) is 13.5. The molecule has 0 saturated carbocycles. The zero-order valence-electron chi connectivity index (χ0n) is 6.76. The highest BCUT2D eigenvalue weighted by Crippen LogP contribution is 2.14. The summed E-state index contributed by atoms with van der Waals surface area (Å²) in [5, 5.41) is 11.6. The zero-order valence-corrected chi connectivity index (χ0v) is 6.76. The van der Waals surface area contributed by atoms with Crippen molar-refractivity contribution in [2.75, 3.05) is 11.9 Å². The Morgan fingerprint density at radius 2 is 2.31 bits per heavy atom. The van der Waals surface area contributed by atoms with Crippen LogP contribution in [0.25, 0.3) is 0 Å². The van der Waals surface area contributed by atoms with Crippen molar-refractivity contribution in [3.05, 3.63) is 27.5 Å². The second kappa shape index (κ2) is 2.62. The number of carbonyl (C=O) groups is 1. The van der Waals surface area contributed by atoms with Gasteiger partial charge in [0.25, 0.3) is 0 Å². The number of nitrogens with one attached hydrogen (secondary N) is 2. The number of aromatic carboxylic acids is 1. The van der Waals surface area contributed by atoms with Gasteiger partial charge < -0.3 is 15.4 Å². The minimum atomic E-state index is -1.18. The largest absolute Gasteiger partial charge is 0.477 e. The van der Waals surface area contributed by atoms with Crippen LogP contribution < -0.4 is 10.7 Å². The summed E-state index contributed by atoms with van der Waals surface area (Å²) in [6.07, 6.45) is 1.81. The van der Waals surface area contributed by atoms with Crippen LogP contribution in [0, 0.1) is 0 Å². The summed E-state index contributed by atoms with van der Waals surface area (Å²) in [5.74, 6) is -0.536. The topological polar surface area (TPSA) is 82.2 Å². The Balaban J connectivity index is 2.66. The second-order valence-electron chi connectivity index (χ2n) is 2.87. The summed E-state index contributed by atoms with van der Waals surface area (Å²) in [5.41, 5.74) is -0.0337. The first-order chi connectivity index (χ1) is 6.20. The van der Waals surface area contributed by atoms with Gasteiger partial charge in [-0.25, -0.2) is 4.79 Å². The van der Waals surface area contributed by atoms with Gasteiger partial charge >= 0.3 is 5.97 Å². The first-order valence-electron chi connectivity index (χ1n) is 3.92. The van der Waals surface area contributed by atoms with E-state index in [1.165, 1.54) is 6.20 Å². The molecule has 0 saturated heterocycles. The van der Waals surface area contributed by atoms with Gasteiger partial charge in [-0.15, -0.1) is 0 Å². The van der Waals surface area contributed by atoms with E-state index in [1.54, 1.807) is 0 Å². The number of hydrogen-bond donors (Lipinski definition) is 3. The molecule has 5 nitrogen and oxygen atoms in total. The van der Waals surface area contributed by atoms with Crippen LogP contribution in [-0.4, -0.2) is 22.6 Å². The Labute approximate surface area is 73.4 Å². The van der Waals surface area contributed by atoms with Gasteiger partial charge in [0, 0.05) is 18.3 Å². The zero-order chi connectivity index (χ0) is 9.42. The minimum absolute atomic E-state index is 0.192. The van der Waals surface area contributed by atoms with E-state index in [1.807, 2.05) is 0 Å². The average Bonchev–Trinajstić information content (AvgIpc) is 2.52. The molecule has 3 N–H and O–H groups in total. The maximum atomic E-state index is 11.5. The lowest BCUT2D eigenvalue weighted by Gasteiger charge is -1.99. The number of carboxylic acids is 1. The van der Waals surface area contributed by atoms with Crippen molar-refractivity contribution in [3.8, 4) is 0 Å². The molecule has 0 amide bonds. The standard InChI is InChI=1S/C8H8N2O3/c11-6-4-1-2-9-7(4)10-3-5(6)8(12)13/h3H,1-2H2,(H,12,13)(H2,9,10,11). The van der Waals surface area contributed by atoms with Crippen molar-refractivity contribution in [2.45, 2.75) is 6.42 Å². The van der Waals surface area contributed by atoms with Crippen molar-refractivity contribution >= 4 is 11.8 Å². The SMILES string of the molecule is O=C(O)c1c[nH]c2c(c1=O)CCN2. The number of fused-ring (bicyclic) bond motifs is 1. The molecule has 2 heterocycles. The van der Waals surface area contributed by atoms with Crippen LogP contribution >= 0.6 is 0 Å². The maximum Gasteiger partial charge on any atom is 0.341 e. The first kappa shape index (κ1) is 7.85. The molecular weight excluding hydrogens is 172 g/mol. The van der Waals surface area contributed by atoms with E-state index < -0.39 is 5.97 Å². The number of anilines is 1. The molecule has 1 aromatic heterocycles. The highest BCUT2D eigenvalue weighted by Gasteiger charge is 2.18. The molecule has 0 unspecified atom stereocenters. The molecule has 0 bridgehead atoms. The number of aromatic amines is 1. The lowest BCUT2D eigenvalue weighted by Crippen LogP contribution is -2.18. The van der Waals surface area contributed by atoms with Crippen LogP contribution in [-0.2, 0) is 6.42 Å². The number of aromatic nitrogens is 1. The molecule has 1 aliphatic rings. The molecule has 68 valence electrons. The lowest BCUT2D eigenvalue weighted by molar-refractivity contribution is 0.0695. The molecule has 0 aromatic carbocycles. The predicted octanol–water partition coefficient (Wildman–Crippen LogP) is 0.0411. The summed E-state index contributed by atoms with van der Waals surface area (Å²) in [6.45, 7) is 0.685. The van der Waals surface area contributed by atoms with Crippen LogP contribution in [0.4, 0.5) is 5.82 Å². The van der Waals surface area contributed by atoms with Crippen LogP contribution in [0.3, 0.4) is 0 Å². The minimum Gasteiger partial charge on any atom is -0.477 e.